The van der Waals surface area contributed by atoms with E-state index < -0.39 is 36.6 Å². The summed E-state index contributed by atoms with van der Waals surface area (Å²) in [4.78, 5) is 32.5. The number of rotatable bonds is 8. The Labute approximate surface area is 178 Å². The average molecular weight is 442 g/mol. The molecule has 0 spiro atoms. The normalized spacial score (nSPS) is 12.0. The standard InChI is InChI=1S/C13H13F3O2.C9H12O4/c1-9(2)12(17)18-11(8-13(14,15)16)10-6-4-3-5-7-10;1-6(8(10)11)4-5-7(2)9(12)13-3/h3-7,11H,1,8H2,2H3;4H,2,5H2,1,3H3,(H,10,11). The van der Waals surface area contributed by atoms with Crippen molar-refractivity contribution in [3.05, 3.63) is 71.8 Å². The van der Waals surface area contributed by atoms with Gasteiger partial charge in [-0.25, -0.2) is 14.4 Å². The minimum Gasteiger partial charge on any atom is -0.478 e. The van der Waals surface area contributed by atoms with Gasteiger partial charge in [0.15, 0.2) is 0 Å². The summed E-state index contributed by atoms with van der Waals surface area (Å²) in [7, 11) is 1.25. The van der Waals surface area contributed by atoms with Crippen molar-refractivity contribution in [1.29, 1.82) is 0 Å². The maximum absolute atomic E-state index is 12.4. The molecule has 0 fully saturated rings. The lowest BCUT2D eigenvalue weighted by molar-refractivity contribution is -0.171. The molecule has 0 aliphatic heterocycles. The first-order chi connectivity index (χ1) is 14.3. The number of halogens is 3. The number of carbonyl (C=O) groups is 3. The van der Waals surface area contributed by atoms with E-state index in [-0.39, 0.29) is 23.1 Å². The largest absolute Gasteiger partial charge is 0.478 e. The molecule has 9 heteroatoms. The van der Waals surface area contributed by atoms with E-state index in [1.54, 1.807) is 18.2 Å². The van der Waals surface area contributed by atoms with Gasteiger partial charge in [0.1, 0.15) is 6.10 Å². The number of ether oxygens (including phenoxy) is 2. The number of esters is 2. The molecule has 1 atom stereocenters. The molecule has 1 unspecified atom stereocenters. The third-order valence-corrected chi connectivity index (χ3v) is 3.65. The first kappa shape index (κ1) is 27.6. The monoisotopic (exact) mass is 442 g/mol. The molecule has 31 heavy (non-hydrogen) atoms. The van der Waals surface area contributed by atoms with Crippen molar-refractivity contribution >= 4 is 17.9 Å². The minimum atomic E-state index is -4.41. The zero-order valence-electron chi connectivity index (χ0n) is 17.5. The number of benzene rings is 1. The summed E-state index contributed by atoms with van der Waals surface area (Å²) in [6.45, 7) is 9.63. The molecule has 0 saturated heterocycles. The fourth-order valence-electron chi connectivity index (χ4n) is 1.93. The third-order valence-electron chi connectivity index (χ3n) is 3.65. The second-order valence-corrected chi connectivity index (χ2v) is 6.40. The molecule has 0 aliphatic rings. The molecule has 0 aromatic heterocycles. The number of allylic oxidation sites excluding steroid dienone is 1. The number of hydrogen-bond acceptors (Lipinski definition) is 5. The van der Waals surface area contributed by atoms with Crippen LogP contribution in [0.15, 0.2) is 66.3 Å². The van der Waals surface area contributed by atoms with Crippen LogP contribution in [0.25, 0.3) is 0 Å². The van der Waals surface area contributed by atoms with Crippen LogP contribution in [0.4, 0.5) is 13.2 Å². The van der Waals surface area contributed by atoms with Gasteiger partial charge >= 0.3 is 24.1 Å². The fourth-order valence-corrected chi connectivity index (χ4v) is 1.93. The number of carboxylic acids is 1. The maximum atomic E-state index is 12.4. The van der Waals surface area contributed by atoms with Crippen LogP contribution in [0, 0.1) is 0 Å². The van der Waals surface area contributed by atoms with Gasteiger partial charge in [0, 0.05) is 16.7 Å². The summed E-state index contributed by atoms with van der Waals surface area (Å²) < 4.78 is 46.5. The Morgan fingerprint density at radius 2 is 1.65 bits per heavy atom. The number of alkyl halides is 3. The molecule has 6 nitrogen and oxygen atoms in total. The van der Waals surface area contributed by atoms with E-state index in [2.05, 4.69) is 17.9 Å². The van der Waals surface area contributed by atoms with Crippen LogP contribution in [0.5, 0.6) is 0 Å². The molecule has 170 valence electrons. The van der Waals surface area contributed by atoms with Crippen molar-refractivity contribution in [2.45, 2.75) is 39.0 Å². The van der Waals surface area contributed by atoms with E-state index >= 15 is 0 Å². The van der Waals surface area contributed by atoms with Gasteiger partial charge < -0.3 is 14.6 Å². The highest BCUT2D eigenvalue weighted by molar-refractivity contribution is 5.89. The lowest BCUT2D eigenvalue weighted by Crippen LogP contribution is -2.19. The highest BCUT2D eigenvalue weighted by Crippen LogP contribution is 2.32. The van der Waals surface area contributed by atoms with Crippen LogP contribution in [-0.2, 0) is 23.9 Å². The highest BCUT2D eigenvalue weighted by atomic mass is 19.4. The Morgan fingerprint density at radius 1 is 1.10 bits per heavy atom. The summed E-state index contributed by atoms with van der Waals surface area (Å²) in [6, 6.07) is 7.83. The summed E-state index contributed by atoms with van der Waals surface area (Å²) in [5, 5.41) is 8.48. The van der Waals surface area contributed by atoms with Gasteiger partial charge in [0.2, 0.25) is 0 Å². The van der Waals surface area contributed by atoms with Crippen LogP contribution in [0.1, 0.15) is 38.4 Å². The van der Waals surface area contributed by atoms with Gasteiger partial charge in [0.05, 0.1) is 13.5 Å². The van der Waals surface area contributed by atoms with Crippen molar-refractivity contribution in [2.24, 2.45) is 0 Å². The first-order valence-corrected chi connectivity index (χ1v) is 8.92. The predicted octanol–water partition coefficient (Wildman–Crippen LogP) is 4.94. The molecule has 0 aliphatic carbocycles. The Bertz CT molecular complexity index is 825. The van der Waals surface area contributed by atoms with Crippen molar-refractivity contribution in [2.75, 3.05) is 7.11 Å². The van der Waals surface area contributed by atoms with Crippen LogP contribution in [-0.4, -0.2) is 36.3 Å². The quantitative estimate of drug-likeness (QED) is 0.453. The molecule has 0 saturated carbocycles. The third kappa shape index (κ3) is 12.0. The number of methoxy groups -OCH3 is 1. The smallest absolute Gasteiger partial charge is 0.392 e. The zero-order valence-corrected chi connectivity index (χ0v) is 17.5. The zero-order chi connectivity index (χ0) is 24.2. The molecule has 0 heterocycles. The van der Waals surface area contributed by atoms with E-state index in [4.69, 9.17) is 9.84 Å². The van der Waals surface area contributed by atoms with Gasteiger partial charge in [-0.2, -0.15) is 13.2 Å². The van der Waals surface area contributed by atoms with Gasteiger partial charge in [-0.15, -0.1) is 0 Å². The average Bonchev–Trinajstić information content (AvgIpc) is 2.70. The predicted molar refractivity (Wildman–Crippen MR) is 108 cm³/mol. The van der Waals surface area contributed by atoms with Gasteiger partial charge in [0.25, 0.3) is 0 Å². The second kappa shape index (κ2) is 13.0. The highest BCUT2D eigenvalue weighted by Gasteiger charge is 2.34. The van der Waals surface area contributed by atoms with E-state index in [1.807, 2.05) is 0 Å². The van der Waals surface area contributed by atoms with Crippen molar-refractivity contribution in [1.82, 2.24) is 0 Å². The molecule has 0 amide bonds. The van der Waals surface area contributed by atoms with E-state index in [0.717, 1.165) is 0 Å². The fraction of sp³-hybridized carbons (Fsp3) is 0.318. The molecular weight excluding hydrogens is 417 g/mol. The minimum absolute atomic E-state index is 0.0677. The molecule has 1 aromatic rings. The summed E-state index contributed by atoms with van der Waals surface area (Å²) >= 11 is 0. The number of aliphatic carboxylic acids is 1. The second-order valence-electron chi connectivity index (χ2n) is 6.40. The Balaban J connectivity index is 0.000000615. The SMILES string of the molecule is C=C(C)C(=O)OC(CC(F)(F)F)c1ccccc1.C=C(CC=C(C)C(=O)O)C(=O)OC. The molecule has 1 rings (SSSR count). The Morgan fingerprint density at radius 3 is 2.06 bits per heavy atom. The van der Waals surface area contributed by atoms with Crippen molar-refractivity contribution in [3.63, 3.8) is 0 Å². The van der Waals surface area contributed by atoms with Crippen LogP contribution in [0.2, 0.25) is 0 Å². The molecular formula is C22H25F3O6. The number of carbonyl (C=O) groups excluding carboxylic acids is 2. The number of hydrogen-bond donors (Lipinski definition) is 1. The van der Waals surface area contributed by atoms with E-state index in [1.165, 1.54) is 39.2 Å². The first-order valence-electron chi connectivity index (χ1n) is 8.92. The van der Waals surface area contributed by atoms with Crippen molar-refractivity contribution in [3.8, 4) is 0 Å². The molecule has 1 aromatic carbocycles. The van der Waals surface area contributed by atoms with Crippen LogP contribution >= 0.6 is 0 Å². The van der Waals surface area contributed by atoms with E-state index in [0.29, 0.717) is 5.56 Å². The van der Waals surface area contributed by atoms with E-state index in [9.17, 15) is 27.6 Å². The topological polar surface area (TPSA) is 89.9 Å². The maximum Gasteiger partial charge on any atom is 0.392 e. The summed E-state index contributed by atoms with van der Waals surface area (Å²) in [5.74, 6) is -2.35. The molecule has 0 radical (unpaired) electrons. The Hall–Kier alpha value is -3.36. The lowest BCUT2D eigenvalue weighted by Gasteiger charge is -2.19. The van der Waals surface area contributed by atoms with Gasteiger partial charge in [-0.3, -0.25) is 0 Å². The van der Waals surface area contributed by atoms with Gasteiger partial charge in [-0.1, -0.05) is 49.6 Å². The molecule has 0 bridgehead atoms. The lowest BCUT2D eigenvalue weighted by atomic mass is 10.1. The number of carboxylic acid groups (broad SMARTS) is 1. The van der Waals surface area contributed by atoms with Crippen LogP contribution in [0.3, 0.4) is 0 Å². The van der Waals surface area contributed by atoms with Gasteiger partial charge in [-0.05, 0) is 25.8 Å². The van der Waals surface area contributed by atoms with Crippen molar-refractivity contribution < 1.29 is 42.1 Å². The van der Waals surface area contributed by atoms with Crippen LogP contribution < -0.4 is 0 Å². The summed E-state index contributed by atoms with van der Waals surface area (Å²) in [6.07, 6.45) is -5.34. The molecule has 1 N–H and O–H groups in total. The summed E-state index contributed by atoms with van der Waals surface area (Å²) in [5.41, 5.74) is 0.802. The Kier molecular flexibility index (Phi) is 11.6.